The highest BCUT2D eigenvalue weighted by Crippen LogP contribution is 2.41. The fourth-order valence-corrected chi connectivity index (χ4v) is 3.68. The second-order valence-corrected chi connectivity index (χ2v) is 6.76. The molecule has 118 valence electrons. The number of nitrogens with zero attached hydrogens (tertiary/aromatic N) is 1. The Kier molecular flexibility index (Phi) is 4.67. The Labute approximate surface area is 127 Å². The molecule has 0 amide bonds. The van der Waals surface area contributed by atoms with Crippen molar-refractivity contribution in [1.82, 2.24) is 4.90 Å². The molecule has 0 spiro atoms. The van der Waals surface area contributed by atoms with Gasteiger partial charge >= 0.3 is 0 Å². The number of hydrogen-bond donors (Lipinski definition) is 0. The molecule has 3 heterocycles. The van der Waals surface area contributed by atoms with E-state index in [1.165, 1.54) is 6.42 Å². The van der Waals surface area contributed by atoms with Crippen molar-refractivity contribution in [2.24, 2.45) is 5.41 Å². The standard InChI is InChI=1S/C17H27NO3/c1-14(2)21-13-17-7-4-10-20-16(17)6-8-18(12-17)11-15-5-3-9-19-15/h3,5,9,14,16H,4,6-8,10-13H2,1-2H3/t16-,17-/m0/s1. The van der Waals surface area contributed by atoms with E-state index >= 15 is 0 Å². The van der Waals surface area contributed by atoms with Crippen LogP contribution in [0.5, 0.6) is 0 Å². The van der Waals surface area contributed by atoms with Gasteiger partial charge in [-0.05, 0) is 45.2 Å². The smallest absolute Gasteiger partial charge is 0.117 e. The lowest BCUT2D eigenvalue weighted by Crippen LogP contribution is -2.56. The third-order valence-electron chi connectivity index (χ3n) is 4.73. The van der Waals surface area contributed by atoms with Crippen LogP contribution >= 0.6 is 0 Å². The Balaban J connectivity index is 1.68. The Morgan fingerprint density at radius 1 is 1.48 bits per heavy atom. The van der Waals surface area contributed by atoms with Gasteiger partial charge in [-0.1, -0.05) is 0 Å². The van der Waals surface area contributed by atoms with Crippen LogP contribution in [0.3, 0.4) is 0 Å². The maximum absolute atomic E-state index is 6.07. The SMILES string of the molecule is CC(C)OC[C@@]12CCCO[C@H]1CCN(Cc1ccco1)C2. The summed E-state index contributed by atoms with van der Waals surface area (Å²) >= 11 is 0. The van der Waals surface area contributed by atoms with Crippen molar-refractivity contribution in [1.29, 1.82) is 0 Å². The number of furan rings is 1. The molecule has 1 aromatic heterocycles. The van der Waals surface area contributed by atoms with Crippen LogP contribution < -0.4 is 0 Å². The molecule has 2 aliphatic rings. The van der Waals surface area contributed by atoms with Crippen molar-refractivity contribution >= 4 is 0 Å². The maximum Gasteiger partial charge on any atom is 0.117 e. The summed E-state index contributed by atoms with van der Waals surface area (Å²) in [4.78, 5) is 2.49. The van der Waals surface area contributed by atoms with Crippen LogP contribution in [0.25, 0.3) is 0 Å². The normalized spacial score (nSPS) is 30.5. The molecular weight excluding hydrogens is 266 g/mol. The molecular formula is C17H27NO3. The summed E-state index contributed by atoms with van der Waals surface area (Å²) in [6.07, 6.45) is 5.84. The predicted molar refractivity (Wildman–Crippen MR) is 81.1 cm³/mol. The average molecular weight is 293 g/mol. The highest BCUT2D eigenvalue weighted by atomic mass is 16.5. The van der Waals surface area contributed by atoms with E-state index in [1.54, 1.807) is 6.26 Å². The molecule has 0 aromatic carbocycles. The van der Waals surface area contributed by atoms with E-state index in [0.717, 1.165) is 51.4 Å². The first-order valence-electron chi connectivity index (χ1n) is 8.16. The molecule has 0 saturated carbocycles. The summed E-state index contributed by atoms with van der Waals surface area (Å²) in [5.74, 6) is 1.05. The Hall–Kier alpha value is -0.840. The topological polar surface area (TPSA) is 34.8 Å². The van der Waals surface area contributed by atoms with E-state index in [1.807, 2.05) is 6.07 Å². The first-order valence-corrected chi connectivity index (χ1v) is 8.16. The average Bonchev–Trinajstić information content (AvgIpc) is 2.98. The van der Waals surface area contributed by atoms with E-state index < -0.39 is 0 Å². The second-order valence-electron chi connectivity index (χ2n) is 6.76. The summed E-state index contributed by atoms with van der Waals surface area (Å²) < 4.78 is 17.6. The summed E-state index contributed by atoms with van der Waals surface area (Å²) in [6, 6.07) is 4.02. The zero-order valence-corrected chi connectivity index (χ0v) is 13.2. The monoisotopic (exact) mass is 293 g/mol. The first-order chi connectivity index (χ1) is 10.2. The molecule has 0 bridgehead atoms. The minimum Gasteiger partial charge on any atom is -0.468 e. The van der Waals surface area contributed by atoms with Crippen molar-refractivity contribution in [2.75, 3.05) is 26.3 Å². The van der Waals surface area contributed by atoms with Crippen LogP contribution in [0.15, 0.2) is 22.8 Å². The lowest BCUT2D eigenvalue weighted by atomic mass is 9.73. The minimum atomic E-state index is 0.160. The van der Waals surface area contributed by atoms with Gasteiger partial charge in [0, 0.05) is 25.1 Å². The molecule has 3 rings (SSSR count). The van der Waals surface area contributed by atoms with Gasteiger partial charge in [0.2, 0.25) is 0 Å². The van der Waals surface area contributed by atoms with Crippen LogP contribution in [0.2, 0.25) is 0 Å². The molecule has 2 aliphatic heterocycles. The fourth-order valence-electron chi connectivity index (χ4n) is 3.68. The van der Waals surface area contributed by atoms with Crippen LogP contribution in [0, 0.1) is 5.41 Å². The highest BCUT2D eigenvalue weighted by Gasteiger charge is 2.46. The zero-order valence-electron chi connectivity index (χ0n) is 13.2. The number of hydrogen-bond acceptors (Lipinski definition) is 4. The van der Waals surface area contributed by atoms with Gasteiger partial charge in [-0.3, -0.25) is 4.90 Å². The van der Waals surface area contributed by atoms with Crippen LogP contribution in [-0.2, 0) is 16.0 Å². The summed E-state index contributed by atoms with van der Waals surface area (Å²) in [5, 5.41) is 0. The van der Waals surface area contributed by atoms with Gasteiger partial charge in [-0.25, -0.2) is 0 Å². The van der Waals surface area contributed by atoms with E-state index in [9.17, 15) is 0 Å². The quantitative estimate of drug-likeness (QED) is 0.835. The van der Waals surface area contributed by atoms with Gasteiger partial charge in [0.1, 0.15) is 5.76 Å². The second kappa shape index (κ2) is 6.51. The molecule has 21 heavy (non-hydrogen) atoms. The van der Waals surface area contributed by atoms with E-state index in [-0.39, 0.29) is 11.5 Å². The van der Waals surface area contributed by atoms with Crippen molar-refractivity contribution in [3.8, 4) is 0 Å². The summed E-state index contributed by atoms with van der Waals surface area (Å²) in [6.45, 7) is 8.96. The lowest BCUT2D eigenvalue weighted by molar-refractivity contribution is -0.160. The van der Waals surface area contributed by atoms with Crippen LogP contribution in [0.4, 0.5) is 0 Å². The molecule has 0 unspecified atom stereocenters. The third-order valence-corrected chi connectivity index (χ3v) is 4.73. The van der Waals surface area contributed by atoms with Gasteiger partial charge in [0.05, 0.1) is 31.6 Å². The van der Waals surface area contributed by atoms with Crippen molar-refractivity contribution in [3.05, 3.63) is 24.2 Å². The van der Waals surface area contributed by atoms with Crippen LogP contribution in [0.1, 0.15) is 38.9 Å². The van der Waals surface area contributed by atoms with Gasteiger partial charge in [-0.15, -0.1) is 0 Å². The van der Waals surface area contributed by atoms with E-state index in [0.29, 0.717) is 6.10 Å². The number of fused-ring (bicyclic) bond motifs is 1. The first kappa shape index (κ1) is 15.1. The van der Waals surface area contributed by atoms with Crippen molar-refractivity contribution in [2.45, 2.75) is 51.9 Å². The zero-order chi connectivity index (χ0) is 14.7. The molecule has 0 radical (unpaired) electrons. The van der Waals surface area contributed by atoms with Gasteiger partial charge in [0.25, 0.3) is 0 Å². The van der Waals surface area contributed by atoms with Crippen molar-refractivity contribution < 1.29 is 13.9 Å². The van der Waals surface area contributed by atoms with Crippen LogP contribution in [-0.4, -0.2) is 43.4 Å². The molecule has 2 fully saturated rings. The molecule has 4 nitrogen and oxygen atoms in total. The Bertz CT molecular complexity index is 431. The Morgan fingerprint density at radius 2 is 2.38 bits per heavy atom. The largest absolute Gasteiger partial charge is 0.468 e. The molecule has 0 aliphatic carbocycles. The number of piperidine rings is 1. The minimum absolute atomic E-state index is 0.160. The van der Waals surface area contributed by atoms with E-state index in [2.05, 4.69) is 24.8 Å². The maximum atomic E-state index is 6.07. The van der Waals surface area contributed by atoms with E-state index in [4.69, 9.17) is 13.9 Å². The Morgan fingerprint density at radius 3 is 3.14 bits per heavy atom. The molecule has 4 heteroatoms. The van der Waals surface area contributed by atoms with Gasteiger partial charge < -0.3 is 13.9 Å². The predicted octanol–water partition coefficient (Wildman–Crippen LogP) is 3.08. The number of likely N-dealkylation sites (tertiary alicyclic amines) is 1. The summed E-state index contributed by atoms with van der Waals surface area (Å²) in [7, 11) is 0. The summed E-state index contributed by atoms with van der Waals surface area (Å²) in [5.41, 5.74) is 0.160. The lowest BCUT2D eigenvalue weighted by Gasteiger charge is -2.50. The third kappa shape index (κ3) is 3.50. The number of ether oxygens (including phenoxy) is 2. The number of rotatable bonds is 5. The fraction of sp³-hybridized carbons (Fsp3) is 0.765. The highest BCUT2D eigenvalue weighted by molar-refractivity contribution is 5.01. The van der Waals surface area contributed by atoms with Gasteiger partial charge in [-0.2, -0.15) is 0 Å². The van der Waals surface area contributed by atoms with Crippen molar-refractivity contribution in [3.63, 3.8) is 0 Å². The molecule has 0 N–H and O–H groups in total. The molecule has 2 atom stereocenters. The molecule has 1 aromatic rings. The molecule has 2 saturated heterocycles. The van der Waals surface area contributed by atoms with Gasteiger partial charge in [0.15, 0.2) is 0 Å².